The first-order chi connectivity index (χ1) is 13.7. The van der Waals surface area contributed by atoms with Crippen molar-refractivity contribution in [3.63, 3.8) is 0 Å². The molecule has 1 fully saturated rings. The Bertz CT molecular complexity index is 1110. The van der Waals surface area contributed by atoms with Gasteiger partial charge in [0.25, 0.3) is 0 Å². The van der Waals surface area contributed by atoms with Gasteiger partial charge in [0.15, 0.2) is 0 Å². The summed E-state index contributed by atoms with van der Waals surface area (Å²) >= 11 is 6.61. The summed E-state index contributed by atoms with van der Waals surface area (Å²) in [6, 6.07) is 14.7. The molecule has 2 aromatic heterocycles. The third-order valence-corrected chi connectivity index (χ3v) is 6.00. The average molecular weight is 392 g/mol. The van der Waals surface area contributed by atoms with Gasteiger partial charge in [0.1, 0.15) is 11.3 Å². The van der Waals surface area contributed by atoms with E-state index in [0.29, 0.717) is 6.04 Å². The highest BCUT2D eigenvalue weighted by atomic mass is 35.5. The first kappa shape index (κ1) is 17.7. The van der Waals surface area contributed by atoms with Crippen molar-refractivity contribution in [3.8, 4) is 11.3 Å². The highest BCUT2D eigenvalue weighted by Gasteiger charge is 2.18. The number of furan rings is 1. The van der Waals surface area contributed by atoms with Crippen molar-refractivity contribution in [3.05, 3.63) is 65.4 Å². The molecule has 0 bridgehead atoms. The number of fused-ring (bicyclic) bond motifs is 2. The number of nitrogens with zero attached hydrogens (tertiary/aromatic N) is 2. The number of piperidine rings is 1. The van der Waals surface area contributed by atoms with Crippen molar-refractivity contribution in [2.75, 3.05) is 13.1 Å². The van der Waals surface area contributed by atoms with Crippen LogP contribution in [0, 0.1) is 0 Å². The van der Waals surface area contributed by atoms with E-state index in [4.69, 9.17) is 21.8 Å². The number of rotatable bonds is 3. The number of nitrogens with two attached hydrogens (primary N) is 1. The van der Waals surface area contributed by atoms with E-state index < -0.39 is 0 Å². The van der Waals surface area contributed by atoms with E-state index in [2.05, 4.69) is 28.1 Å². The van der Waals surface area contributed by atoms with E-state index in [-0.39, 0.29) is 0 Å². The van der Waals surface area contributed by atoms with Crippen molar-refractivity contribution < 1.29 is 4.42 Å². The molecule has 0 amide bonds. The van der Waals surface area contributed by atoms with Crippen LogP contribution in [0.2, 0.25) is 5.02 Å². The minimum atomic E-state index is 0.328. The molecule has 0 unspecified atom stereocenters. The van der Waals surface area contributed by atoms with Gasteiger partial charge in [-0.2, -0.15) is 0 Å². The predicted octanol–water partition coefficient (Wildman–Crippen LogP) is 5.22. The molecule has 2 N–H and O–H groups in total. The fourth-order valence-electron chi connectivity index (χ4n) is 4.02. The quantitative estimate of drug-likeness (QED) is 0.520. The molecule has 0 atom stereocenters. The zero-order chi connectivity index (χ0) is 19.1. The van der Waals surface area contributed by atoms with Crippen LogP contribution < -0.4 is 5.73 Å². The van der Waals surface area contributed by atoms with Gasteiger partial charge < -0.3 is 10.2 Å². The van der Waals surface area contributed by atoms with Crippen LogP contribution in [0.5, 0.6) is 0 Å². The van der Waals surface area contributed by atoms with E-state index in [0.717, 1.165) is 76.1 Å². The number of hydrogen-bond donors (Lipinski definition) is 1. The Kier molecular flexibility index (Phi) is 4.55. The average Bonchev–Trinajstić information content (AvgIpc) is 3.14. The number of halogens is 1. The fourth-order valence-corrected chi connectivity index (χ4v) is 4.25. The van der Waals surface area contributed by atoms with E-state index in [1.807, 2.05) is 36.7 Å². The highest BCUT2D eigenvalue weighted by molar-refractivity contribution is 6.32. The third kappa shape index (κ3) is 3.28. The molecule has 142 valence electrons. The Hall–Kier alpha value is -2.40. The molecule has 1 aliphatic heterocycles. The van der Waals surface area contributed by atoms with Crippen LogP contribution in [0.25, 0.3) is 33.1 Å². The maximum atomic E-state index is 6.61. The van der Waals surface area contributed by atoms with Gasteiger partial charge >= 0.3 is 0 Å². The second-order valence-electron chi connectivity index (χ2n) is 7.61. The number of benzene rings is 2. The van der Waals surface area contributed by atoms with E-state index in [1.54, 1.807) is 0 Å². The fraction of sp³-hybridized carbons (Fsp3) is 0.261. The maximum Gasteiger partial charge on any atom is 0.137 e. The normalized spacial score (nSPS) is 16.2. The zero-order valence-electron chi connectivity index (χ0n) is 15.6. The second kappa shape index (κ2) is 7.21. The Labute approximate surface area is 168 Å². The molecule has 5 heteroatoms. The number of pyridine rings is 1. The molecule has 0 spiro atoms. The van der Waals surface area contributed by atoms with Gasteiger partial charge in [0.05, 0.1) is 0 Å². The molecule has 28 heavy (non-hydrogen) atoms. The first-order valence-corrected chi connectivity index (χ1v) is 10.1. The Morgan fingerprint density at radius 2 is 1.89 bits per heavy atom. The lowest BCUT2D eigenvalue weighted by atomic mass is 10.0. The van der Waals surface area contributed by atoms with Crippen molar-refractivity contribution in [2.45, 2.75) is 25.4 Å². The lowest BCUT2D eigenvalue weighted by molar-refractivity contribution is 0.206. The van der Waals surface area contributed by atoms with Crippen LogP contribution in [0.15, 0.2) is 59.3 Å². The topological polar surface area (TPSA) is 55.3 Å². The minimum absolute atomic E-state index is 0.328. The molecule has 2 aromatic carbocycles. The van der Waals surface area contributed by atoms with Gasteiger partial charge in [0, 0.05) is 46.3 Å². The number of hydrogen-bond acceptors (Lipinski definition) is 4. The lowest BCUT2D eigenvalue weighted by Gasteiger charge is -2.30. The molecule has 1 saturated heterocycles. The van der Waals surface area contributed by atoms with E-state index in [1.165, 1.54) is 0 Å². The van der Waals surface area contributed by atoms with Gasteiger partial charge in [-0.25, -0.2) is 0 Å². The van der Waals surface area contributed by atoms with Crippen molar-refractivity contribution in [1.29, 1.82) is 0 Å². The molecule has 1 aliphatic rings. The van der Waals surface area contributed by atoms with Crippen LogP contribution in [0.4, 0.5) is 0 Å². The molecule has 5 rings (SSSR count). The van der Waals surface area contributed by atoms with Gasteiger partial charge in [-0.15, -0.1) is 0 Å². The van der Waals surface area contributed by atoms with Gasteiger partial charge in [-0.1, -0.05) is 29.8 Å². The largest absolute Gasteiger partial charge is 0.456 e. The standard InChI is InChI=1S/C23H22ClN3O/c24-21-10-16-12-26-13-20(23-11-15-3-1-2-4-22(15)28-23)19(16)9-17(21)14-27-7-5-18(25)6-8-27/h1-4,9-13,18H,5-8,14,25H2. The molecular formula is C23H22ClN3O. The summed E-state index contributed by atoms with van der Waals surface area (Å²) in [7, 11) is 0. The molecule has 0 aliphatic carbocycles. The van der Waals surface area contributed by atoms with Gasteiger partial charge in [-0.3, -0.25) is 9.88 Å². The maximum absolute atomic E-state index is 6.61. The molecule has 0 saturated carbocycles. The lowest BCUT2D eigenvalue weighted by Crippen LogP contribution is -2.39. The van der Waals surface area contributed by atoms with Crippen molar-refractivity contribution >= 4 is 33.3 Å². The van der Waals surface area contributed by atoms with E-state index in [9.17, 15) is 0 Å². The number of aromatic nitrogens is 1. The summed E-state index contributed by atoms with van der Waals surface area (Å²) in [6.45, 7) is 2.87. The minimum Gasteiger partial charge on any atom is -0.456 e. The van der Waals surface area contributed by atoms with Crippen molar-refractivity contribution in [1.82, 2.24) is 9.88 Å². The number of para-hydroxylation sites is 1. The Balaban J connectivity index is 1.56. The molecule has 4 nitrogen and oxygen atoms in total. The van der Waals surface area contributed by atoms with Crippen LogP contribution in [-0.4, -0.2) is 29.0 Å². The van der Waals surface area contributed by atoms with Gasteiger partial charge in [0.2, 0.25) is 0 Å². The molecule has 3 heterocycles. The summed E-state index contributed by atoms with van der Waals surface area (Å²) in [5.41, 5.74) is 9.05. The van der Waals surface area contributed by atoms with Crippen molar-refractivity contribution in [2.24, 2.45) is 5.73 Å². The summed E-state index contributed by atoms with van der Waals surface area (Å²) in [5.74, 6) is 0.830. The molecular weight excluding hydrogens is 370 g/mol. The third-order valence-electron chi connectivity index (χ3n) is 5.64. The summed E-state index contributed by atoms with van der Waals surface area (Å²) in [6.07, 6.45) is 5.81. The van der Waals surface area contributed by atoms with Crippen LogP contribution in [0.1, 0.15) is 18.4 Å². The molecule has 0 radical (unpaired) electrons. The monoisotopic (exact) mass is 391 g/mol. The molecule has 4 aromatic rings. The summed E-state index contributed by atoms with van der Waals surface area (Å²) in [5, 5.41) is 4.01. The smallest absolute Gasteiger partial charge is 0.137 e. The Morgan fingerprint density at radius 3 is 2.71 bits per heavy atom. The van der Waals surface area contributed by atoms with Crippen LogP contribution in [-0.2, 0) is 6.54 Å². The zero-order valence-corrected chi connectivity index (χ0v) is 16.3. The van der Waals surface area contributed by atoms with Gasteiger partial charge in [-0.05, 0) is 61.1 Å². The van der Waals surface area contributed by atoms with Crippen LogP contribution in [0.3, 0.4) is 0 Å². The summed E-state index contributed by atoms with van der Waals surface area (Å²) < 4.78 is 6.10. The Morgan fingerprint density at radius 1 is 1.07 bits per heavy atom. The predicted molar refractivity (Wildman–Crippen MR) is 114 cm³/mol. The number of likely N-dealkylation sites (tertiary alicyclic amines) is 1. The first-order valence-electron chi connectivity index (χ1n) is 9.70. The second-order valence-corrected chi connectivity index (χ2v) is 8.02. The van der Waals surface area contributed by atoms with Crippen LogP contribution >= 0.6 is 11.6 Å². The van der Waals surface area contributed by atoms with E-state index >= 15 is 0 Å². The highest BCUT2D eigenvalue weighted by Crippen LogP contribution is 2.35. The summed E-state index contributed by atoms with van der Waals surface area (Å²) in [4.78, 5) is 6.84. The SMILES string of the molecule is NC1CCN(Cc2cc3c(-c4cc5ccccc5o4)cncc3cc2Cl)CC1.